The summed E-state index contributed by atoms with van der Waals surface area (Å²) in [6.45, 7) is 0. The predicted octanol–water partition coefficient (Wildman–Crippen LogP) is 1.27. The Bertz CT molecular complexity index is 821. The lowest BCUT2D eigenvalue weighted by atomic mass is 9.91. The van der Waals surface area contributed by atoms with E-state index in [0.29, 0.717) is 16.9 Å². The van der Waals surface area contributed by atoms with E-state index in [0.717, 1.165) is 0 Å². The first-order valence-electron chi connectivity index (χ1n) is 6.57. The Morgan fingerprint density at radius 3 is 2.86 bits per heavy atom. The van der Waals surface area contributed by atoms with Gasteiger partial charge in [0.2, 0.25) is 11.8 Å². The molecule has 114 valence electrons. The molecule has 0 atom stereocenters. The Kier molecular flexibility index (Phi) is 2.56. The van der Waals surface area contributed by atoms with Gasteiger partial charge in [0, 0.05) is 24.6 Å². The molecule has 0 aliphatic heterocycles. The van der Waals surface area contributed by atoms with E-state index < -0.39 is 12.0 Å². The van der Waals surface area contributed by atoms with Crippen LogP contribution in [0.3, 0.4) is 0 Å². The molecule has 3 aromatic rings. The molecule has 0 unspecified atom stereocenters. The Hall–Kier alpha value is -2.78. The van der Waals surface area contributed by atoms with Gasteiger partial charge in [-0.05, 0) is 0 Å². The number of aromatic nitrogens is 6. The summed E-state index contributed by atoms with van der Waals surface area (Å²) < 4.78 is 33.1. The number of nitrogens with zero attached hydrogens (tertiary/aromatic N) is 5. The Labute approximate surface area is 122 Å². The number of aromatic amines is 1. The van der Waals surface area contributed by atoms with E-state index in [2.05, 4.69) is 25.3 Å². The van der Waals surface area contributed by atoms with Crippen LogP contribution in [0.1, 0.15) is 12.8 Å². The van der Waals surface area contributed by atoms with Crippen molar-refractivity contribution < 1.29 is 13.5 Å². The van der Waals surface area contributed by atoms with Gasteiger partial charge in [-0.15, -0.1) is 5.10 Å². The molecular weight excluding hydrogens is 296 g/mol. The number of rotatable bonds is 3. The largest absolute Gasteiger partial charge is 0.472 e. The fourth-order valence-corrected chi connectivity index (χ4v) is 2.38. The first-order valence-corrected chi connectivity index (χ1v) is 6.57. The molecule has 10 heteroatoms. The van der Waals surface area contributed by atoms with Gasteiger partial charge in [-0.3, -0.25) is 5.10 Å². The molecule has 1 fully saturated rings. The van der Waals surface area contributed by atoms with Gasteiger partial charge in [-0.2, -0.15) is 14.6 Å². The molecule has 4 rings (SSSR count). The molecule has 0 radical (unpaired) electrons. The molecule has 1 aliphatic rings. The van der Waals surface area contributed by atoms with Crippen molar-refractivity contribution in [2.24, 2.45) is 0 Å². The average Bonchev–Trinajstić information content (AvgIpc) is 3.05. The Balaban J connectivity index is 1.80. The van der Waals surface area contributed by atoms with Crippen LogP contribution in [-0.2, 0) is 0 Å². The average molecular weight is 307 g/mol. The highest BCUT2D eigenvalue weighted by Crippen LogP contribution is 2.41. The second kappa shape index (κ2) is 4.36. The third-order valence-electron chi connectivity index (χ3n) is 3.46. The van der Waals surface area contributed by atoms with Crippen molar-refractivity contribution in [1.82, 2.24) is 29.8 Å². The fraction of sp³-hybridized carbons (Fsp3) is 0.333. The molecule has 3 heterocycles. The van der Waals surface area contributed by atoms with Crippen molar-refractivity contribution in [3.8, 4) is 17.1 Å². The molecule has 3 aromatic heterocycles. The van der Waals surface area contributed by atoms with Crippen LogP contribution in [-0.4, -0.2) is 41.8 Å². The van der Waals surface area contributed by atoms with E-state index in [4.69, 9.17) is 10.5 Å². The first kappa shape index (κ1) is 12.9. The number of fused-ring (bicyclic) bond motifs is 1. The normalized spacial score (nSPS) is 17.5. The minimum absolute atomic E-state index is 0.0509. The lowest BCUT2D eigenvalue weighted by molar-refractivity contribution is -0.135. The van der Waals surface area contributed by atoms with Crippen LogP contribution in [0.2, 0.25) is 0 Å². The number of nitrogens with one attached hydrogen (secondary N) is 1. The second-order valence-electron chi connectivity index (χ2n) is 5.14. The molecule has 22 heavy (non-hydrogen) atoms. The molecule has 0 amide bonds. The van der Waals surface area contributed by atoms with Crippen LogP contribution in [0.15, 0.2) is 18.6 Å². The van der Waals surface area contributed by atoms with Gasteiger partial charge in [0.1, 0.15) is 11.8 Å². The van der Waals surface area contributed by atoms with Crippen LogP contribution >= 0.6 is 0 Å². The maximum Gasteiger partial charge on any atom is 0.255 e. The van der Waals surface area contributed by atoms with Crippen molar-refractivity contribution in [2.45, 2.75) is 24.9 Å². The van der Waals surface area contributed by atoms with Gasteiger partial charge in [0.05, 0.1) is 12.4 Å². The number of nitrogens with two attached hydrogens (primary N) is 1. The van der Waals surface area contributed by atoms with Gasteiger partial charge in [-0.1, -0.05) is 0 Å². The van der Waals surface area contributed by atoms with Gasteiger partial charge in [-0.25, -0.2) is 13.8 Å². The molecule has 0 saturated heterocycles. The van der Waals surface area contributed by atoms with Gasteiger partial charge in [0.15, 0.2) is 5.65 Å². The summed E-state index contributed by atoms with van der Waals surface area (Å²) in [6, 6.07) is 0. The van der Waals surface area contributed by atoms with Crippen molar-refractivity contribution in [2.75, 3.05) is 5.73 Å². The van der Waals surface area contributed by atoms with Crippen LogP contribution < -0.4 is 10.5 Å². The van der Waals surface area contributed by atoms with Gasteiger partial charge < -0.3 is 10.5 Å². The minimum atomic E-state index is -2.68. The topological polar surface area (TPSA) is 107 Å². The molecule has 8 nitrogen and oxygen atoms in total. The number of nitrogen functional groups attached to an aromatic ring is 1. The quantitative estimate of drug-likeness (QED) is 0.754. The number of anilines is 1. The highest BCUT2D eigenvalue weighted by Gasteiger charge is 2.47. The molecule has 3 N–H and O–H groups in total. The first-order chi connectivity index (χ1) is 10.5. The number of alkyl halides is 2. The number of H-pyrrole nitrogens is 1. The summed E-state index contributed by atoms with van der Waals surface area (Å²) in [5, 5.41) is 10.5. The maximum absolute atomic E-state index is 13.0. The Morgan fingerprint density at radius 1 is 1.36 bits per heavy atom. The highest BCUT2D eigenvalue weighted by molar-refractivity contribution is 5.65. The molecule has 1 aliphatic carbocycles. The van der Waals surface area contributed by atoms with Crippen LogP contribution in [0.4, 0.5) is 14.7 Å². The number of hydrogen-bond donors (Lipinski definition) is 2. The zero-order valence-electron chi connectivity index (χ0n) is 11.2. The summed E-state index contributed by atoms with van der Waals surface area (Å²) in [4.78, 5) is 8.25. The fourth-order valence-electron chi connectivity index (χ4n) is 2.38. The number of ether oxygens (including phenoxy) is 1. The molecule has 0 bridgehead atoms. The lowest BCUT2D eigenvalue weighted by Gasteiger charge is -2.34. The lowest BCUT2D eigenvalue weighted by Crippen LogP contribution is -2.43. The molecule has 0 aromatic carbocycles. The van der Waals surface area contributed by atoms with E-state index in [9.17, 15) is 8.78 Å². The predicted molar refractivity (Wildman–Crippen MR) is 71.4 cm³/mol. The van der Waals surface area contributed by atoms with Crippen LogP contribution in [0.25, 0.3) is 16.9 Å². The summed E-state index contributed by atoms with van der Waals surface area (Å²) in [5.41, 5.74) is 7.05. The second-order valence-corrected chi connectivity index (χ2v) is 5.14. The minimum Gasteiger partial charge on any atom is -0.472 e. The summed E-state index contributed by atoms with van der Waals surface area (Å²) in [7, 11) is 0. The SMILES string of the molecule is Nc1nc2cnc(-c3cn[nH]c3)c(OC3CC(F)(F)C3)n2n1. The van der Waals surface area contributed by atoms with Crippen LogP contribution in [0, 0.1) is 0 Å². The summed E-state index contributed by atoms with van der Waals surface area (Å²) >= 11 is 0. The van der Waals surface area contributed by atoms with Gasteiger partial charge in [0.25, 0.3) is 5.92 Å². The smallest absolute Gasteiger partial charge is 0.255 e. The summed E-state index contributed by atoms with van der Waals surface area (Å²) in [5.74, 6) is -2.40. The van der Waals surface area contributed by atoms with Crippen molar-refractivity contribution >= 4 is 11.6 Å². The van der Waals surface area contributed by atoms with E-state index in [-0.39, 0.29) is 24.7 Å². The Morgan fingerprint density at radius 2 is 2.18 bits per heavy atom. The maximum atomic E-state index is 13.0. The van der Waals surface area contributed by atoms with Gasteiger partial charge >= 0.3 is 0 Å². The van der Waals surface area contributed by atoms with E-state index in [1.165, 1.54) is 10.7 Å². The van der Waals surface area contributed by atoms with E-state index >= 15 is 0 Å². The third kappa shape index (κ3) is 2.03. The van der Waals surface area contributed by atoms with E-state index in [1.807, 2.05) is 0 Å². The highest BCUT2D eigenvalue weighted by atomic mass is 19.3. The molecule has 1 saturated carbocycles. The number of hydrogen-bond acceptors (Lipinski definition) is 6. The monoisotopic (exact) mass is 307 g/mol. The van der Waals surface area contributed by atoms with Crippen molar-refractivity contribution in [3.63, 3.8) is 0 Å². The molecule has 0 spiro atoms. The van der Waals surface area contributed by atoms with Crippen molar-refractivity contribution in [1.29, 1.82) is 0 Å². The third-order valence-corrected chi connectivity index (χ3v) is 3.46. The zero-order chi connectivity index (χ0) is 15.3. The van der Waals surface area contributed by atoms with Crippen LogP contribution in [0.5, 0.6) is 5.88 Å². The van der Waals surface area contributed by atoms with E-state index in [1.54, 1.807) is 12.4 Å². The molecular formula is C12H11F2N7O. The zero-order valence-corrected chi connectivity index (χ0v) is 11.2. The standard InChI is InChI=1S/C12H11F2N7O/c13-12(14)1-7(2-12)22-10-9(6-3-17-18-4-6)16-5-8-19-11(15)20-21(8)10/h3-5,7H,1-2H2,(H2,15,20)(H,17,18). The summed E-state index contributed by atoms with van der Waals surface area (Å²) in [6.07, 6.45) is 3.39. The van der Waals surface area contributed by atoms with Crippen molar-refractivity contribution in [3.05, 3.63) is 18.6 Å². The number of halogens is 2.